The molecule has 3 nitrogen and oxygen atoms in total. The average Bonchev–Trinajstić information content (AvgIpc) is 2.20. The fraction of sp³-hybridized carbons (Fsp3) is 0.333. The van der Waals surface area contributed by atoms with Crippen LogP contribution in [-0.4, -0.2) is 20.3 Å². The van der Waals surface area contributed by atoms with Crippen molar-refractivity contribution in [3.63, 3.8) is 0 Å². The summed E-state index contributed by atoms with van der Waals surface area (Å²) in [4.78, 5) is 0. The Morgan fingerprint density at radius 1 is 1.21 bits per heavy atom. The zero-order valence-corrected chi connectivity index (χ0v) is 7.72. The van der Waals surface area contributed by atoms with Crippen molar-refractivity contribution in [1.29, 1.82) is 0 Å². The Bertz CT molecular complexity index is 318. The van der Waals surface area contributed by atoms with Gasteiger partial charge in [-0.05, 0) is 12.1 Å². The van der Waals surface area contributed by atoms with E-state index in [0.717, 1.165) is 0 Å². The number of ether oxygens (including phenoxy) is 2. The molecule has 78 valence electrons. The summed E-state index contributed by atoms with van der Waals surface area (Å²) in [6, 6.07) is 2.59. The summed E-state index contributed by atoms with van der Waals surface area (Å²) >= 11 is 0. The molecule has 0 aliphatic heterocycles. The summed E-state index contributed by atoms with van der Waals surface area (Å²) in [5.74, 6) is -2.42. The number of benzene rings is 1. The molecular weight excluding hydrogens is 192 g/mol. The van der Waals surface area contributed by atoms with Crippen LogP contribution in [0.1, 0.15) is 0 Å². The van der Waals surface area contributed by atoms with Gasteiger partial charge in [-0.1, -0.05) is 0 Å². The highest BCUT2D eigenvalue weighted by atomic mass is 19.2. The Morgan fingerprint density at radius 3 is 2.36 bits per heavy atom. The molecule has 0 aromatic heterocycles. The molecule has 2 N–H and O–H groups in total. The predicted octanol–water partition coefficient (Wildman–Crippen LogP) is 1.31. The number of rotatable bonds is 4. The van der Waals surface area contributed by atoms with E-state index in [4.69, 9.17) is 10.5 Å². The van der Waals surface area contributed by atoms with Gasteiger partial charge in [0.2, 0.25) is 11.6 Å². The molecule has 0 bridgehead atoms. The van der Waals surface area contributed by atoms with E-state index in [1.807, 2.05) is 0 Å². The van der Waals surface area contributed by atoms with Gasteiger partial charge in [-0.3, -0.25) is 0 Å². The lowest BCUT2D eigenvalue weighted by atomic mass is 10.3. The number of halogens is 2. The van der Waals surface area contributed by atoms with Crippen molar-refractivity contribution >= 4 is 0 Å². The van der Waals surface area contributed by atoms with Crippen molar-refractivity contribution in [2.75, 3.05) is 20.3 Å². The molecular formula is C9H11F2NO2. The van der Waals surface area contributed by atoms with E-state index in [1.54, 1.807) is 0 Å². The maximum absolute atomic E-state index is 13.2. The van der Waals surface area contributed by atoms with Crippen LogP contribution in [-0.2, 0) is 0 Å². The smallest absolute Gasteiger partial charge is 0.204 e. The number of methoxy groups -OCH3 is 1. The van der Waals surface area contributed by atoms with E-state index in [-0.39, 0.29) is 24.7 Å². The van der Waals surface area contributed by atoms with E-state index in [2.05, 4.69) is 4.74 Å². The molecule has 0 heterocycles. The first-order chi connectivity index (χ1) is 6.70. The Kier molecular flexibility index (Phi) is 3.64. The lowest BCUT2D eigenvalue weighted by Gasteiger charge is -2.08. The molecule has 0 fully saturated rings. The largest absolute Gasteiger partial charge is 0.494 e. The molecule has 0 amide bonds. The Hall–Kier alpha value is -1.36. The third kappa shape index (κ3) is 2.11. The second-order valence-electron chi connectivity index (χ2n) is 2.53. The van der Waals surface area contributed by atoms with Crippen LogP contribution in [0.2, 0.25) is 0 Å². The van der Waals surface area contributed by atoms with Crippen molar-refractivity contribution in [3.8, 4) is 11.5 Å². The van der Waals surface area contributed by atoms with Gasteiger partial charge in [0, 0.05) is 6.54 Å². The van der Waals surface area contributed by atoms with Crippen molar-refractivity contribution in [1.82, 2.24) is 0 Å². The van der Waals surface area contributed by atoms with Crippen molar-refractivity contribution in [2.45, 2.75) is 0 Å². The number of hydrogen-bond acceptors (Lipinski definition) is 3. The SMILES string of the molecule is COc1ccc(OCCN)c(F)c1F. The first kappa shape index (κ1) is 10.7. The van der Waals surface area contributed by atoms with Crippen LogP contribution in [0, 0.1) is 11.6 Å². The van der Waals surface area contributed by atoms with Gasteiger partial charge in [0.05, 0.1) is 7.11 Å². The minimum atomic E-state index is -1.06. The quantitative estimate of drug-likeness (QED) is 0.802. The molecule has 0 saturated carbocycles. The molecule has 1 aromatic rings. The maximum atomic E-state index is 13.2. The van der Waals surface area contributed by atoms with Crippen molar-refractivity contribution in [2.24, 2.45) is 5.73 Å². The fourth-order valence-corrected chi connectivity index (χ4v) is 0.952. The average molecular weight is 203 g/mol. The topological polar surface area (TPSA) is 44.5 Å². The zero-order valence-electron chi connectivity index (χ0n) is 7.72. The lowest BCUT2D eigenvalue weighted by molar-refractivity contribution is 0.298. The first-order valence-corrected chi connectivity index (χ1v) is 4.05. The second-order valence-corrected chi connectivity index (χ2v) is 2.53. The molecule has 0 radical (unpaired) electrons. The standard InChI is InChI=1S/C9H11F2NO2/c1-13-6-2-3-7(14-5-4-12)9(11)8(6)10/h2-3H,4-5,12H2,1H3. The molecule has 0 atom stereocenters. The van der Waals surface area contributed by atoms with Gasteiger partial charge in [-0.15, -0.1) is 0 Å². The van der Waals surface area contributed by atoms with Crippen LogP contribution >= 0.6 is 0 Å². The van der Waals surface area contributed by atoms with E-state index in [1.165, 1.54) is 19.2 Å². The highest BCUT2D eigenvalue weighted by Crippen LogP contribution is 2.26. The monoisotopic (exact) mass is 203 g/mol. The highest BCUT2D eigenvalue weighted by Gasteiger charge is 2.14. The van der Waals surface area contributed by atoms with Crippen LogP contribution in [0.3, 0.4) is 0 Å². The maximum Gasteiger partial charge on any atom is 0.204 e. The third-order valence-electron chi connectivity index (χ3n) is 1.61. The van der Waals surface area contributed by atoms with Crippen LogP contribution in [0.15, 0.2) is 12.1 Å². The van der Waals surface area contributed by atoms with Crippen molar-refractivity contribution < 1.29 is 18.3 Å². The van der Waals surface area contributed by atoms with E-state index in [0.29, 0.717) is 0 Å². The summed E-state index contributed by atoms with van der Waals surface area (Å²) < 4.78 is 35.7. The minimum Gasteiger partial charge on any atom is -0.494 e. The van der Waals surface area contributed by atoms with E-state index >= 15 is 0 Å². The Balaban J connectivity index is 2.92. The molecule has 0 spiro atoms. The first-order valence-electron chi connectivity index (χ1n) is 4.05. The lowest BCUT2D eigenvalue weighted by Crippen LogP contribution is -2.11. The summed E-state index contributed by atoms with van der Waals surface area (Å²) in [5.41, 5.74) is 5.15. The van der Waals surface area contributed by atoms with E-state index in [9.17, 15) is 8.78 Å². The second kappa shape index (κ2) is 4.76. The van der Waals surface area contributed by atoms with Gasteiger partial charge in [-0.2, -0.15) is 8.78 Å². The minimum absolute atomic E-state index is 0.142. The molecule has 14 heavy (non-hydrogen) atoms. The van der Waals surface area contributed by atoms with Crippen LogP contribution < -0.4 is 15.2 Å². The summed E-state index contributed by atoms with van der Waals surface area (Å²) in [7, 11) is 1.26. The highest BCUT2D eigenvalue weighted by molar-refractivity contribution is 5.34. The summed E-state index contributed by atoms with van der Waals surface area (Å²) in [6.07, 6.45) is 0. The van der Waals surface area contributed by atoms with Crippen LogP contribution in [0.4, 0.5) is 8.78 Å². The predicted molar refractivity (Wildman–Crippen MR) is 47.5 cm³/mol. The molecule has 0 saturated heterocycles. The van der Waals surface area contributed by atoms with Gasteiger partial charge in [0.1, 0.15) is 6.61 Å². The molecule has 5 heteroatoms. The fourth-order valence-electron chi connectivity index (χ4n) is 0.952. The summed E-state index contributed by atoms with van der Waals surface area (Å²) in [6.45, 7) is 0.385. The molecule has 1 aromatic carbocycles. The van der Waals surface area contributed by atoms with Gasteiger partial charge in [0.15, 0.2) is 11.5 Å². The van der Waals surface area contributed by atoms with E-state index < -0.39 is 11.6 Å². The van der Waals surface area contributed by atoms with Crippen LogP contribution in [0.5, 0.6) is 11.5 Å². The molecule has 0 aliphatic rings. The van der Waals surface area contributed by atoms with Crippen molar-refractivity contribution in [3.05, 3.63) is 23.8 Å². The Morgan fingerprint density at radius 2 is 1.79 bits per heavy atom. The zero-order chi connectivity index (χ0) is 10.6. The van der Waals surface area contributed by atoms with Gasteiger partial charge >= 0.3 is 0 Å². The third-order valence-corrected chi connectivity index (χ3v) is 1.61. The normalized spacial score (nSPS) is 10.0. The summed E-state index contributed by atoms with van der Waals surface area (Å²) in [5, 5.41) is 0. The van der Waals surface area contributed by atoms with Crippen LogP contribution in [0.25, 0.3) is 0 Å². The molecule has 0 unspecified atom stereocenters. The Labute approximate surface area is 80.4 Å². The van der Waals surface area contributed by atoms with Gasteiger partial charge in [-0.25, -0.2) is 0 Å². The van der Waals surface area contributed by atoms with Gasteiger partial charge < -0.3 is 15.2 Å². The van der Waals surface area contributed by atoms with Gasteiger partial charge in [0.25, 0.3) is 0 Å². The number of nitrogens with two attached hydrogens (primary N) is 1. The molecule has 1 rings (SSSR count). The number of hydrogen-bond donors (Lipinski definition) is 1. The molecule has 0 aliphatic carbocycles.